The Morgan fingerprint density at radius 2 is 2.12 bits per heavy atom. The lowest BCUT2D eigenvalue weighted by atomic mass is 9.93. The number of aliphatic imine (C=N–C) groups is 1. The van der Waals surface area contributed by atoms with Crippen LogP contribution in [0.2, 0.25) is 0 Å². The smallest absolute Gasteiger partial charge is 0.211 e. The maximum absolute atomic E-state index is 9.51. The van der Waals surface area contributed by atoms with Crippen molar-refractivity contribution in [2.75, 3.05) is 16.8 Å². The number of hydrogen-bond acceptors (Lipinski definition) is 10. The van der Waals surface area contributed by atoms with Gasteiger partial charge < -0.3 is 21.5 Å². The molecule has 1 aliphatic heterocycles. The van der Waals surface area contributed by atoms with E-state index in [1.807, 2.05) is 56.6 Å². The predicted molar refractivity (Wildman–Crippen MR) is 123 cm³/mol. The number of benzene rings is 1. The fourth-order valence-corrected chi connectivity index (χ4v) is 3.65. The lowest BCUT2D eigenvalue weighted by Crippen LogP contribution is -2.32. The van der Waals surface area contributed by atoms with E-state index in [9.17, 15) is 5.26 Å². The van der Waals surface area contributed by atoms with Crippen LogP contribution in [0.15, 0.2) is 41.7 Å². The molecule has 1 aliphatic rings. The molecule has 3 heterocycles. The molecule has 0 amide bonds. The third-order valence-corrected chi connectivity index (χ3v) is 5.01. The molecule has 1 atom stereocenters. The summed E-state index contributed by atoms with van der Waals surface area (Å²) in [6.45, 7) is 4.39. The van der Waals surface area contributed by atoms with E-state index >= 15 is 0 Å². The van der Waals surface area contributed by atoms with Gasteiger partial charge in [-0.05, 0) is 37.6 Å². The molecule has 0 radical (unpaired) electrons. The highest BCUT2D eigenvalue weighted by Gasteiger charge is 2.30. The molecular weight excluding hydrogens is 420 g/mol. The van der Waals surface area contributed by atoms with Crippen molar-refractivity contribution in [3.63, 3.8) is 0 Å². The number of anilines is 3. The Labute approximate surface area is 190 Å². The second-order valence-corrected chi connectivity index (χ2v) is 7.64. The molecule has 1 aromatic carbocycles. The van der Waals surface area contributed by atoms with Gasteiger partial charge in [-0.25, -0.2) is 9.98 Å². The van der Waals surface area contributed by atoms with Crippen LogP contribution >= 0.6 is 0 Å². The summed E-state index contributed by atoms with van der Waals surface area (Å²) in [5.74, 6) is 1.25. The van der Waals surface area contributed by atoms with Crippen molar-refractivity contribution >= 4 is 23.3 Å². The minimum atomic E-state index is -0.637. The molecule has 2 aromatic heterocycles. The first-order chi connectivity index (χ1) is 15.9. The molecule has 0 spiro atoms. The average molecular weight is 442 g/mol. The Hall–Kier alpha value is -4.77. The number of nitrogens with zero attached hydrogens (tertiary/aromatic N) is 6. The first-order valence-corrected chi connectivity index (χ1v) is 10.2. The van der Waals surface area contributed by atoms with E-state index in [0.717, 1.165) is 16.9 Å². The van der Waals surface area contributed by atoms with Gasteiger partial charge in [-0.3, -0.25) is 10.00 Å². The van der Waals surface area contributed by atoms with Crippen LogP contribution in [0.1, 0.15) is 42.1 Å². The van der Waals surface area contributed by atoms with Crippen LogP contribution in [0, 0.1) is 22.8 Å². The van der Waals surface area contributed by atoms with Crippen molar-refractivity contribution in [2.24, 2.45) is 4.99 Å². The van der Waals surface area contributed by atoms with E-state index in [-0.39, 0.29) is 29.1 Å². The topological polar surface area (TPSA) is 176 Å². The highest BCUT2D eigenvalue weighted by Crippen LogP contribution is 2.41. The second kappa shape index (κ2) is 8.77. The van der Waals surface area contributed by atoms with Crippen LogP contribution in [0.5, 0.6) is 5.75 Å². The summed E-state index contributed by atoms with van der Waals surface area (Å²) in [6, 6.07) is 8.91. The summed E-state index contributed by atoms with van der Waals surface area (Å²) in [5.41, 5.74) is 14.7. The zero-order chi connectivity index (χ0) is 23.5. The number of pyridine rings is 1. The van der Waals surface area contributed by atoms with Gasteiger partial charge in [0.25, 0.3) is 0 Å². The fraction of sp³-hybridized carbons (Fsp3) is 0.227. The third kappa shape index (κ3) is 4.20. The molecule has 0 saturated carbocycles. The van der Waals surface area contributed by atoms with Crippen LogP contribution < -0.4 is 26.8 Å². The number of nitriles is 2. The monoisotopic (exact) mass is 442 g/mol. The third-order valence-electron chi connectivity index (χ3n) is 5.01. The van der Waals surface area contributed by atoms with Gasteiger partial charge in [0.05, 0.1) is 18.3 Å². The number of rotatable bonds is 5. The highest BCUT2D eigenvalue weighted by molar-refractivity contribution is 5.98. The van der Waals surface area contributed by atoms with Crippen LogP contribution in [-0.4, -0.2) is 26.8 Å². The lowest BCUT2D eigenvalue weighted by molar-refractivity contribution is 0.239. The van der Waals surface area contributed by atoms with Gasteiger partial charge in [0.15, 0.2) is 6.19 Å². The number of nitrogens with two attached hydrogens (primary N) is 2. The molecule has 6 N–H and O–H groups in total. The van der Waals surface area contributed by atoms with E-state index in [0.29, 0.717) is 17.9 Å². The lowest BCUT2D eigenvalue weighted by Gasteiger charge is -2.27. The molecule has 4 rings (SSSR count). The minimum Gasteiger partial charge on any atom is -0.491 e. The van der Waals surface area contributed by atoms with Gasteiger partial charge in [-0.1, -0.05) is 6.07 Å². The van der Waals surface area contributed by atoms with E-state index < -0.39 is 6.04 Å². The van der Waals surface area contributed by atoms with Crippen LogP contribution in [0.25, 0.3) is 0 Å². The van der Waals surface area contributed by atoms with E-state index in [4.69, 9.17) is 21.5 Å². The summed E-state index contributed by atoms with van der Waals surface area (Å²) in [5, 5.41) is 28.3. The Morgan fingerprint density at radius 3 is 2.79 bits per heavy atom. The molecule has 33 heavy (non-hydrogen) atoms. The van der Waals surface area contributed by atoms with Gasteiger partial charge in [-0.15, -0.1) is 0 Å². The predicted octanol–water partition coefficient (Wildman–Crippen LogP) is 2.09. The number of hydrogen-bond donors (Lipinski definition) is 4. The Bertz CT molecular complexity index is 1300. The highest BCUT2D eigenvalue weighted by atomic mass is 16.5. The molecule has 0 saturated heterocycles. The van der Waals surface area contributed by atoms with Crippen molar-refractivity contribution in [3.05, 3.63) is 58.9 Å². The Balaban J connectivity index is 1.87. The molecule has 0 bridgehead atoms. The van der Waals surface area contributed by atoms with E-state index in [1.165, 1.54) is 0 Å². The van der Waals surface area contributed by atoms with Gasteiger partial charge >= 0.3 is 0 Å². The zero-order valence-electron chi connectivity index (χ0n) is 18.1. The minimum absolute atomic E-state index is 0.00161. The SMILES string of the molecule is CC(C)Oc1ccc(C2N=C(NC#N)Nc3nc(N)c(C#N)c(N)c32)cc1Cn1cccn1. The van der Waals surface area contributed by atoms with Gasteiger partial charge in [0, 0.05) is 23.5 Å². The van der Waals surface area contributed by atoms with Gasteiger partial charge in [0.2, 0.25) is 5.96 Å². The summed E-state index contributed by atoms with van der Waals surface area (Å²) >= 11 is 0. The standard InChI is InChI=1S/C22H22N10O/c1-12(2)33-16-5-4-13(8-14(16)10-32-7-3-6-28-32)19-17-18(25)15(9-23)20(26)30-21(17)31-22(29-19)27-11-24/h3-8,12,19H,10H2,1-2H3,(H6,25,26,27,29,30,31). The van der Waals surface area contributed by atoms with Crippen molar-refractivity contribution in [1.29, 1.82) is 10.5 Å². The van der Waals surface area contributed by atoms with Crippen molar-refractivity contribution in [1.82, 2.24) is 20.1 Å². The second-order valence-electron chi connectivity index (χ2n) is 7.64. The van der Waals surface area contributed by atoms with E-state index in [1.54, 1.807) is 10.9 Å². The Morgan fingerprint density at radius 1 is 1.30 bits per heavy atom. The number of nitrogens with one attached hydrogen (secondary N) is 2. The first-order valence-electron chi connectivity index (χ1n) is 10.2. The number of aromatic nitrogens is 3. The van der Waals surface area contributed by atoms with Crippen LogP contribution in [-0.2, 0) is 6.54 Å². The molecule has 11 nitrogen and oxygen atoms in total. The molecule has 0 aliphatic carbocycles. The van der Waals surface area contributed by atoms with Crippen LogP contribution in [0.3, 0.4) is 0 Å². The van der Waals surface area contributed by atoms with Crippen molar-refractivity contribution in [3.8, 4) is 18.0 Å². The Kier molecular flexibility index (Phi) is 5.70. The average Bonchev–Trinajstić information content (AvgIpc) is 3.27. The summed E-state index contributed by atoms with van der Waals surface area (Å²) in [4.78, 5) is 8.91. The van der Waals surface area contributed by atoms with Crippen LogP contribution in [0.4, 0.5) is 17.3 Å². The summed E-state index contributed by atoms with van der Waals surface area (Å²) < 4.78 is 7.79. The molecular formula is C22H22N10O. The maximum atomic E-state index is 9.51. The number of fused-ring (bicyclic) bond motifs is 1. The normalized spacial score (nSPS) is 14.5. The largest absolute Gasteiger partial charge is 0.491 e. The summed E-state index contributed by atoms with van der Waals surface area (Å²) in [6.07, 6.45) is 5.40. The molecule has 166 valence electrons. The molecule has 1 unspecified atom stereocenters. The first kappa shape index (κ1) is 21.5. The molecule has 11 heteroatoms. The fourth-order valence-electron chi connectivity index (χ4n) is 3.65. The maximum Gasteiger partial charge on any atom is 0.211 e. The number of ether oxygens (including phenoxy) is 1. The molecule has 3 aromatic rings. The number of guanidine groups is 1. The van der Waals surface area contributed by atoms with Gasteiger partial charge in [0.1, 0.15) is 35.1 Å². The van der Waals surface area contributed by atoms with Crippen molar-refractivity contribution in [2.45, 2.75) is 32.5 Å². The van der Waals surface area contributed by atoms with Gasteiger partial charge in [-0.2, -0.15) is 15.6 Å². The van der Waals surface area contributed by atoms with E-state index in [2.05, 4.69) is 25.7 Å². The quantitative estimate of drug-likeness (QED) is 0.340. The molecule has 0 fully saturated rings. The summed E-state index contributed by atoms with van der Waals surface area (Å²) in [7, 11) is 0. The van der Waals surface area contributed by atoms with Crippen molar-refractivity contribution < 1.29 is 4.74 Å². The zero-order valence-corrected chi connectivity index (χ0v) is 18.1. The number of nitrogen functional groups attached to an aromatic ring is 2.